The van der Waals surface area contributed by atoms with Crippen molar-refractivity contribution in [3.8, 4) is 0 Å². The van der Waals surface area contributed by atoms with Crippen molar-refractivity contribution >= 4 is 16.9 Å². The largest absolute Gasteiger partial charge is 0.481 e. The van der Waals surface area contributed by atoms with Gasteiger partial charge in [0.05, 0.1) is 5.92 Å². The molecule has 0 spiro atoms. The molecule has 0 aliphatic heterocycles. The zero-order valence-electron chi connectivity index (χ0n) is 10.4. The lowest BCUT2D eigenvalue weighted by atomic mass is 9.98. The van der Waals surface area contributed by atoms with E-state index < -0.39 is 11.9 Å². The molecule has 1 aromatic carbocycles. The molecule has 0 fully saturated rings. The summed E-state index contributed by atoms with van der Waals surface area (Å²) in [7, 11) is 0. The zero-order valence-corrected chi connectivity index (χ0v) is 10.4. The van der Waals surface area contributed by atoms with Gasteiger partial charge in [0.15, 0.2) is 0 Å². The molecule has 2 aromatic rings. The molecule has 0 radical (unpaired) electrons. The maximum atomic E-state index is 11.1. The van der Waals surface area contributed by atoms with Crippen LogP contribution < -0.4 is 0 Å². The number of nitrogens with zero attached hydrogens (tertiary/aromatic N) is 1. The van der Waals surface area contributed by atoms with E-state index in [2.05, 4.69) is 11.5 Å². The van der Waals surface area contributed by atoms with Crippen LogP contribution in [0.25, 0.3) is 10.9 Å². The summed E-state index contributed by atoms with van der Waals surface area (Å²) in [5.41, 5.74) is 3.17. The molecule has 0 saturated carbocycles. The Kier molecular flexibility index (Phi) is 2.92. The average Bonchev–Trinajstić information content (AvgIpc) is 2.68. The van der Waals surface area contributed by atoms with Crippen LogP contribution in [0.2, 0.25) is 0 Å². The lowest BCUT2D eigenvalue weighted by molar-refractivity contribution is -0.138. The summed E-state index contributed by atoms with van der Waals surface area (Å²) in [6.45, 7) is 6.69. The normalized spacial score (nSPS) is 12.9. The SMILES string of the molecule is CCn1cc(C(C)C(=O)O)c2c(C)cccc21. The van der Waals surface area contributed by atoms with Gasteiger partial charge in [-0.3, -0.25) is 4.79 Å². The van der Waals surface area contributed by atoms with Gasteiger partial charge >= 0.3 is 5.97 Å². The maximum absolute atomic E-state index is 11.1. The Morgan fingerprint density at radius 3 is 2.76 bits per heavy atom. The van der Waals surface area contributed by atoms with E-state index in [9.17, 15) is 4.79 Å². The van der Waals surface area contributed by atoms with Crippen LogP contribution in [-0.4, -0.2) is 15.6 Å². The maximum Gasteiger partial charge on any atom is 0.310 e. The zero-order chi connectivity index (χ0) is 12.6. The first-order chi connectivity index (χ1) is 8.06. The predicted molar refractivity (Wildman–Crippen MR) is 68.4 cm³/mol. The van der Waals surface area contributed by atoms with Crippen molar-refractivity contribution < 1.29 is 9.90 Å². The van der Waals surface area contributed by atoms with E-state index in [-0.39, 0.29) is 0 Å². The van der Waals surface area contributed by atoms with E-state index >= 15 is 0 Å². The first-order valence-corrected chi connectivity index (χ1v) is 5.87. The number of aromatic nitrogens is 1. The number of fused-ring (bicyclic) bond motifs is 1. The topological polar surface area (TPSA) is 42.2 Å². The van der Waals surface area contributed by atoms with Crippen LogP contribution in [0.1, 0.15) is 30.9 Å². The molecule has 1 atom stereocenters. The highest BCUT2D eigenvalue weighted by atomic mass is 16.4. The van der Waals surface area contributed by atoms with Gasteiger partial charge in [0.25, 0.3) is 0 Å². The number of hydrogen-bond donors (Lipinski definition) is 1. The summed E-state index contributed by atoms with van der Waals surface area (Å²) < 4.78 is 2.11. The molecule has 0 aliphatic rings. The molecule has 3 heteroatoms. The van der Waals surface area contributed by atoms with Crippen LogP contribution in [-0.2, 0) is 11.3 Å². The molecule has 0 amide bonds. The van der Waals surface area contributed by atoms with Crippen LogP contribution in [0, 0.1) is 6.92 Å². The fourth-order valence-electron chi connectivity index (χ4n) is 2.29. The van der Waals surface area contributed by atoms with Crippen LogP contribution in [0.3, 0.4) is 0 Å². The number of rotatable bonds is 3. The van der Waals surface area contributed by atoms with Crippen molar-refractivity contribution in [1.29, 1.82) is 0 Å². The van der Waals surface area contributed by atoms with Gasteiger partial charge in [-0.1, -0.05) is 12.1 Å². The van der Waals surface area contributed by atoms with Gasteiger partial charge < -0.3 is 9.67 Å². The monoisotopic (exact) mass is 231 g/mol. The minimum absolute atomic E-state index is 0.466. The van der Waals surface area contributed by atoms with Crippen molar-refractivity contribution in [2.24, 2.45) is 0 Å². The molecule has 1 unspecified atom stereocenters. The Morgan fingerprint density at radius 1 is 1.47 bits per heavy atom. The highest BCUT2D eigenvalue weighted by Gasteiger charge is 2.20. The van der Waals surface area contributed by atoms with E-state index in [1.54, 1.807) is 6.92 Å². The molecule has 0 aliphatic carbocycles. The smallest absolute Gasteiger partial charge is 0.310 e. The van der Waals surface area contributed by atoms with E-state index in [4.69, 9.17) is 5.11 Å². The minimum Gasteiger partial charge on any atom is -0.481 e. The molecule has 1 N–H and O–H groups in total. The van der Waals surface area contributed by atoms with Crippen LogP contribution in [0.4, 0.5) is 0 Å². The summed E-state index contributed by atoms with van der Waals surface area (Å²) in [6.07, 6.45) is 1.97. The number of aliphatic carboxylic acids is 1. The number of benzene rings is 1. The van der Waals surface area contributed by atoms with E-state index in [1.165, 1.54) is 0 Å². The first-order valence-electron chi connectivity index (χ1n) is 5.87. The highest BCUT2D eigenvalue weighted by molar-refractivity contribution is 5.91. The van der Waals surface area contributed by atoms with Gasteiger partial charge in [0, 0.05) is 23.6 Å². The fraction of sp³-hybridized carbons (Fsp3) is 0.357. The molecule has 2 rings (SSSR count). The third-order valence-electron chi connectivity index (χ3n) is 3.32. The van der Waals surface area contributed by atoms with Crippen molar-refractivity contribution in [3.63, 3.8) is 0 Å². The second-order valence-corrected chi connectivity index (χ2v) is 4.40. The lowest BCUT2D eigenvalue weighted by Crippen LogP contribution is -2.07. The van der Waals surface area contributed by atoms with Crippen LogP contribution in [0.5, 0.6) is 0 Å². The van der Waals surface area contributed by atoms with Gasteiger partial charge in [-0.05, 0) is 38.0 Å². The third kappa shape index (κ3) is 1.82. The van der Waals surface area contributed by atoms with E-state index in [0.717, 1.165) is 28.6 Å². The first kappa shape index (κ1) is 11.7. The molecule has 3 nitrogen and oxygen atoms in total. The Balaban J connectivity index is 2.75. The van der Waals surface area contributed by atoms with Crippen LogP contribution >= 0.6 is 0 Å². The summed E-state index contributed by atoms with van der Waals surface area (Å²) in [4.78, 5) is 11.1. The summed E-state index contributed by atoms with van der Waals surface area (Å²) in [6, 6.07) is 6.09. The number of carboxylic acids is 1. The Bertz CT molecular complexity index is 569. The molecule has 17 heavy (non-hydrogen) atoms. The summed E-state index contributed by atoms with van der Waals surface area (Å²) in [5, 5.41) is 10.2. The van der Waals surface area contributed by atoms with Crippen molar-refractivity contribution in [1.82, 2.24) is 4.57 Å². The second-order valence-electron chi connectivity index (χ2n) is 4.40. The van der Waals surface area contributed by atoms with Gasteiger partial charge in [-0.2, -0.15) is 0 Å². The van der Waals surface area contributed by atoms with Crippen molar-refractivity contribution in [3.05, 3.63) is 35.5 Å². The number of hydrogen-bond acceptors (Lipinski definition) is 1. The summed E-state index contributed by atoms with van der Waals surface area (Å²) >= 11 is 0. The fourth-order valence-corrected chi connectivity index (χ4v) is 2.29. The van der Waals surface area contributed by atoms with Crippen LogP contribution in [0.15, 0.2) is 24.4 Å². The van der Waals surface area contributed by atoms with E-state index in [1.807, 2.05) is 31.3 Å². The van der Waals surface area contributed by atoms with Gasteiger partial charge in [-0.25, -0.2) is 0 Å². The van der Waals surface area contributed by atoms with E-state index in [0.29, 0.717) is 0 Å². The standard InChI is InChI=1S/C14H17NO2/c1-4-15-8-11(10(3)14(16)17)13-9(2)6-5-7-12(13)15/h5-8,10H,4H2,1-3H3,(H,16,17). The van der Waals surface area contributed by atoms with Gasteiger partial charge in [0.1, 0.15) is 0 Å². The predicted octanol–water partition coefficient (Wildman–Crippen LogP) is 3.16. The molecule has 90 valence electrons. The van der Waals surface area contributed by atoms with Crippen molar-refractivity contribution in [2.45, 2.75) is 33.2 Å². The summed E-state index contributed by atoms with van der Waals surface area (Å²) in [5.74, 6) is -1.24. The third-order valence-corrected chi connectivity index (χ3v) is 3.32. The Morgan fingerprint density at radius 2 is 2.18 bits per heavy atom. The minimum atomic E-state index is -0.775. The highest BCUT2D eigenvalue weighted by Crippen LogP contribution is 2.30. The lowest BCUT2D eigenvalue weighted by Gasteiger charge is -2.05. The van der Waals surface area contributed by atoms with Gasteiger partial charge in [0.2, 0.25) is 0 Å². The molecule has 0 saturated heterocycles. The number of carbonyl (C=O) groups is 1. The quantitative estimate of drug-likeness (QED) is 0.881. The number of aryl methyl sites for hydroxylation is 2. The molecule has 0 bridgehead atoms. The second kappa shape index (κ2) is 4.24. The molecular formula is C14H17NO2. The van der Waals surface area contributed by atoms with Gasteiger partial charge in [-0.15, -0.1) is 0 Å². The number of carboxylic acid groups (broad SMARTS) is 1. The molecule has 1 aromatic heterocycles. The average molecular weight is 231 g/mol. The Hall–Kier alpha value is -1.77. The molecule has 1 heterocycles. The van der Waals surface area contributed by atoms with Crippen molar-refractivity contribution in [2.75, 3.05) is 0 Å². The molecular weight excluding hydrogens is 214 g/mol. The Labute approximate surface area is 101 Å².